The Bertz CT molecular complexity index is 2010. The molecule has 0 amide bonds. The maximum Gasteiger partial charge on any atom is 0.418 e. The van der Waals surface area contributed by atoms with Gasteiger partial charge in [0, 0.05) is 67.5 Å². The van der Waals surface area contributed by atoms with Crippen LogP contribution in [-0.2, 0) is 18.9 Å². The molecule has 0 radical (unpaired) electrons. The molecule has 0 spiro atoms. The molecule has 2 aliphatic rings. The monoisotopic (exact) mass is 759 g/mol. The number of methoxy groups -OCH3 is 1. The number of benzene rings is 4. The Morgan fingerprint density at radius 2 is 1.65 bits per heavy atom. The maximum atomic E-state index is 14.8. The van der Waals surface area contributed by atoms with Crippen LogP contribution in [0.5, 0.6) is 17.2 Å². The number of carboxylic acid groups (broad SMARTS) is 1. The van der Waals surface area contributed by atoms with E-state index in [1.807, 2.05) is 0 Å². The van der Waals surface area contributed by atoms with Crippen LogP contribution in [0.15, 0.2) is 78.9 Å². The van der Waals surface area contributed by atoms with Crippen molar-refractivity contribution in [2.75, 3.05) is 54.5 Å². The minimum absolute atomic E-state index is 0.00804. The van der Waals surface area contributed by atoms with Crippen molar-refractivity contribution in [3.8, 4) is 17.2 Å². The number of rotatable bonds is 11. The number of hydrogen-bond acceptors (Lipinski definition) is 9. The molecule has 0 aliphatic carbocycles. The summed E-state index contributed by atoms with van der Waals surface area (Å²) in [6.07, 6.45) is -8.31. The molecule has 17 heteroatoms. The molecule has 4 aromatic rings. The third-order valence-corrected chi connectivity index (χ3v) is 9.42. The van der Waals surface area contributed by atoms with Crippen LogP contribution in [0.2, 0.25) is 0 Å². The Labute approximate surface area is 305 Å². The standard InChI is InChI=1S/C37H35F6N5O6/c1-53-32-8-2-5-23(34(32)54-31-13-11-27(48(51)52)20-28(31)35(49)50)22-47(33-9-4-14-44-33)26-10-12-30(29(21-26)37(41,42)43)46-17-15-45(16-18-46)25-7-3-6-24(19-25)36(38,39)40/h2-3,5-8,10-13,19-21,33,44H,4,9,14-18,22H2,1H3,(H,49,50). The van der Waals surface area contributed by atoms with Gasteiger partial charge in [0.1, 0.15) is 11.3 Å². The van der Waals surface area contributed by atoms with E-state index >= 15 is 0 Å². The number of nitrogens with one attached hydrogen (secondary N) is 1. The van der Waals surface area contributed by atoms with Crippen LogP contribution in [0.1, 0.15) is 39.9 Å². The van der Waals surface area contributed by atoms with E-state index in [0.29, 0.717) is 24.2 Å². The second-order valence-electron chi connectivity index (χ2n) is 12.8. The van der Waals surface area contributed by atoms with Gasteiger partial charge >= 0.3 is 18.3 Å². The molecule has 54 heavy (non-hydrogen) atoms. The average molecular weight is 760 g/mol. The van der Waals surface area contributed by atoms with E-state index in [2.05, 4.69) is 5.32 Å². The first-order valence-corrected chi connectivity index (χ1v) is 16.9. The van der Waals surface area contributed by atoms with Crippen molar-refractivity contribution < 1.29 is 50.6 Å². The second kappa shape index (κ2) is 15.3. The molecular weight excluding hydrogens is 724 g/mol. The number of halogens is 6. The highest BCUT2D eigenvalue weighted by Crippen LogP contribution is 2.43. The number of para-hydroxylation sites is 1. The van der Waals surface area contributed by atoms with Gasteiger partial charge in [0.05, 0.1) is 29.3 Å². The first-order valence-electron chi connectivity index (χ1n) is 16.9. The molecule has 2 fully saturated rings. The first kappa shape index (κ1) is 38.0. The lowest BCUT2D eigenvalue weighted by atomic mass is 10.1. The molecule has 1 atom stereocenters. The molecule has 0 aromatic heterocycles. The number of ether oxygens (including phenoxy) is 2. The van der Waals surface area contributed by atoms with Crippen molar-refractivity contribution in [2.24, 2.45) is 0 Å². The topological polar surface area (TPSA) is 121 Å². The Balaban J connectivity index is 1.31. The number of piperazine rings is 1. The number of nitrogens with zero attached hydrogens (tertiary/aromatic N) is 4. The number of non-ortho nitro benzene ring substituents is 1. The second-order valence-corrected chi connectivity index (χ2v) is 12.8. The van der Waals surface area contributed by atoms with Crippen LogP contribution in [0.3, 0.4) is 0 Å². The van der Waals surface area contributed by atoms with E-state index in [4.69, 9.17) is 9.47 Å². The van der Waals surface area contributed by atoms with E-state index in [1.165, 1.54) is 19.2 Å². The number of anilines is 3. The first-order chi connectivity index (χ1) is 25.6. The number of carboxylic acids is 1. The van der Waals surface area contributed by atoms with Crippen LogP contribution in [0.25, 0.3) is 0 Å². The molecule has 2 aliphatic heterocycles. The molecule has 11 nitrogen and oxygen atoms in total. The molecule has 2 N–H and O–H groups in total. The number of alkyl halides is 6. The van der Waals surface area contributed by atoms with Crippen molar-refractivity contribution >= 4 is 28.7 Å². The van der Waals surface area contributed by atoms with Gasteiger partial charge in [-0.3, -0.25) is 15.4 Å². The van der Waals surface area contributed by atoms with Gasteiger partial charge in [0.2, 0.25) is 0 Å². The Kier molecular flexibility index (Phi) is 10.8. The molecule has 0 saturated carbocycles. The predicted molar refractivity (Wildman–Crippen MR) is 188 cm³/mol. The normalized spacial score (nSPS) is 16.3. The molecule has 1 unspecified atom stereocenters. The van der Waals surface area contributed by atoms with Crippen molar-refractivity contribution in [1.82, 2.24) is 5.32 Å². The van der Waals surface area contributed by atoms with Crippen molar-refractivity contribution in [2.45, 2.75) is 37.9 Å². The Morgan fingerprint density at radius 1 is 0.926 bits per heavy atom. The highest BCUT2D eigenvalue weighted by Gasteiger charge is 2.38. The van der Waals surface area contributed by atoms with Gasteiger partial charge in [0.25, 0.3) is 5.69 Å². The van der Waals surface area contributed by atoms with E-state index in [-0.39, 0.29) is 67.5 Å². The van der Waals surface area contributed by atoms with Gasteiger partial charge in [-0.05, 0) is 67.9 Å². The van der Waals surface area contributed by atoms with Gasteiger partial charge in [-0.1, -0.05) is 18.2 Å². The fourth-order valence-electron chi connectivity index (χ4n) is 6.75. The zero-order valence-electron chi connectivity index (χ0n) is 28.8. The van der Waals surface area contributed by atoms with Crippen LogP contribution in [0, 0.1) is 10.1 Å². The number of nitro benzene ring substituents is 1. The highest BCUT2D eigenvalue weighted by molar-refractivity contribution is 5.92. The third-order valence-electron chi connectivity index (χ3n) is 9.42. The number of nitro groups is 1. The zero-order chi connectivity index (χ0) is 38.8. The van der Waals surface area contributed by atoms with Gasteiger partial charge < -0.3 is 29.3 Å². The largest absolute Gasteiger partial charge is 0.493 e. The van der Waals surface area contributed by atoms with Gasteiger partial charge in [-0.2, -0.15) is 26.3 Å². The average Bonchev–Trinajstić information content (AvgIpc) is 3.68. The summed E-state index contributed by atoms with van der Waals surface area (Å²) in [7, 11) is 1.37. The fourth-order valence-corrected chi connectivity index (χ4v) is 6.75. The smallest absolute Gasteiger partial charge is 0.418 e. The van der Waals surface area contributed by atoms with E-state index in [9.17, 15) is 46.4 Å². The lowest BCUT2D eigenvalue weighted by Crippen LogP contribution is -2.47. The quantitative estimate of drug-likeness (QED) is 0.0881. The highest BCUT2D eigenvalue weighted by atomic mass is 19.4. The lowest BCUT2D eigenvalue weighted by Gasteiger charge is -2.39. The summed E-state index contributed by atoms with van der Waals surface area (Å²) in [5.74, 6) is -1.41. The summed E-state index contributed by atoms with van der Waals surface area (Å²) in [6.45, 7) is 1.29. The molecule has 0 bridgehead atoms. The fraction of sp³-hybridized carbons (Fsp3) is 0.324. The summed E-state index contributed by atoms with van der Waals surface area (Å²) >= 11 is 0. The van der Waals surface area contributed by atoms with Crippen molar-refractivity contribution in [3.05, 3.63) is 111 Å². The van der Waals surface area contributed by atoms with Gasteiger partial charge in [0.15, 0.2) is 11.5 Å². The Hall–Kier alpha value is -5.71. The molecule has 6 rings (SSSR count). The SMILES string of the molecule is COc1cccc(CN(c2ccc(N3CCN(c4cccc(C(F)(F)F)c4)CC3)c(C(F)(F)F)c2)C2CCCN2)c1Oc1ccc([N+](=O)[O-])cc1C(=O)O. The van der Waals surface area contributed by atoms with Gasteiger partial charge in [-0.15, -0.1) is 0 Å². The summed E-state index contributed by atoms with van der Waals surface area (Å²) in [4.78, 5) is 27.7. The van der Waals surface area contributed by atoms with E-state index in [0.717, 1.165) is 42.8 Å². The molecule has 2 saturated heterocycles. The van der Waals surface area contributed by atoms with E-state index in [1.54, 1.807) is 45.0 Å². The molecule has 4 aromatic carbocycles. The van der Waals surface area contributed by atoms with Crippen LogP contribution >= 0.6 is 0 Å². The van der Waals surface area contributed by atoms with Crippen LogP contribution in [0.4, 0.5) is 49.1 Å². The van der Waals surface area contributed by atoms with Crippen LogP contribution < -0.4 is 29.5 Å². The summed E-state index contributed by atoms with van der Waals surface area (Å²) in [5.41, 5.74) is -1.67. The minimum atomic E-state index is -4.76. The summed E-state index contributed by atoms with van der Waals surface area (Å²) in [5, 5.41) is 24.5. The number of aromatic carboxylic acids is 1. The van der Waals surface area contributed by atoms with E-state index < -0.39 is 45.6 Å². The molecule has 286 valence electrons. The molecule has 2 heterocycles. The summed E-state index contributed by atoms with van der Waals surface area (Å²) in [6, 6.07) is 16.9. The number of carbonyl (C=O) groups is 1. The number of hydrogen-bond donors (Lipinski definition) is 2. The molecular formula is C37H35F6N5O6. The third kappa shape index (κ3) is 8.25. The van der Waals surface area contributed by atoms with Crippen molar-refractivity contribution in [1.29, 1.82) is 0 Å². The maximum absolute atomic E-state index is 14.8. The van der Waals surface area contributed by atoms with Crippen molar-refractivity contribution in [3.63, 3.8) is 0 Å². The minimum Gasteiger partial charge on any atom is -0.493 e. The summed E-state index contributed by atoms with van der Waals surface area (Å²) < 4.78 is 96.0. The predicted octanol–water partition coefficient (Wildman–Crippen LogP) is 8.17. The van der Waals surface area contributed by atoms with Gasteiger partial charge in [-0.25, -0.2) is 4.79 Å². The Morgan fingerprint density at radius 3 is 2.28 bits per heavy atom. The van der Waals surface area contributed by atoms with Crippen LogP contribution in [-0.4, -0.2) is 62.0 Å². The lowest BCUT2D eigenvalue weighted by molar-refractivity contribution is -0.384. The zero-order valence-corrected chi connectivity index (χ0v) is 28.8.